The van der Waals surface area contributed by atoms with Gasteiger partial charge in [0.25, 0.3) is 26.2 Å². The van der Waals surface area contributed by atoms with Gasteiger partial charge in [-0.3, -0.25) is 19.6 Å². The maximum Gasteiger partial charge on any atom is 0.291 e. The van der Waals surface area contributed by atoms with Crippen LogP contribution in [0.15, 0.2) is 52.9 Å². The Morgan fingerprint density at radius 1 is 1.03 bits per heavy atom. The van der Waals surface area contributed by atoms with Crippen LogP contribution in [0.1, 0.15) is 39.6 Å². The van der Waals surface area contributed by atoms with E-state index in [1.54, 1.807) is 30.3 Å². The lowest BCUT2D eigenvalue weighted by Gasteiger charge is -2.11. The summed E-state index contributed by atoms with van der Waals surface area (Å²) >= 11 is 0.709. The second-order valence-corrected chi connectivity index (χ2v) is 9.44. The predicted molar refractivity (Wildman–Crippen MR) is 119 cm³/mol. The minimum Gasteiger partial charge on any atom is -0.352 e. The number of carbonyl (C=O) groups excluding carboxylic acids is 2. The number of para-hydroxylation sites is 1. The molecular weight excluding hydrogens is 438 g/mol. The lowest BCUT2D eigenvalue weighted by atomic mass is 10.1. The maximum atomic E-state index is 12.8. The van der Waals surface area contributed by atoms with Crippen molar-refractivity contribution in [2.45, 2.75) is 24.6 Å². The molecule has 2 amide bonds. The zero-order chi connectivity index (χ0) is 22.4. The van der Waals surface area contributed by atoms with Crippen LogP contribution in [0, 0.1) is 6.92 Å². The number of nitrogens with zero attached hydrogens (tertiary/aromatic N) is 2. The average molecular weight is 460 g/mol. The van der Waals surface area contributed by atoms with Crippen molar-refractivity contribution in [1.29, 1.82) is 0 Å². The zero-order valence-corrected chi connectivity index (χ0v) is 18.5. The number of hydrogen-bond donors (Lipinski definition) is 3. The van der Waals surface area contributed by atoms with Gasteiger partial charge in [-0.05, 0) is 37.6 Å². The summed E-state index contributed by atoms with van der Waals surface area (Å²) in [5.41, 5.74) is 1.65. The van der Waals surface area contributed by atoms with Crippen LogP contribution in [-0.4, -0.2) is 37.0 Å². The fourth-order valence-corrected chi connectivity index (χ4v) is 4.59. The lowest BCUT2D eigenvalue weighted by molar-refractivity contribution is 0.0953. The van der Waals surface area contributed by atoms with Crippen molar-refractivity contribution in [3.05, 3.63) is 65.2 Å². The van der Waals surface area contributed by atoms with E-state index < -0.39 is 15.9 Å². The number of carbonyl (C=O) groups is 2. The highest BCUT2D eigenvalue weighted by atomic mass is 32.2. The Balaban J connectivity index is 1.76. The van der Waals surface area contributed by atoms with E-state index >= 15 is 0 Å². The first-order valence-electron chi connectivity index (χ1n) is 9.41. The third-order valence-corrected chi connectivity index (χ3v) is 6.66. The number of amides is 2. The first-order chi connectivity index (χ1) is 14.8. The van der Waals surface area contributed by atoms with Crippen molar-refractivity contribution in [2.75, 3.05) is 16.6 Å². The van der Waals surface area contributed by atoms with Crippen molar-refractivity contribution in [1.82, 2.24) is 15.5 Å². The SMILES string of the molecule is CCCNC(=O)c1ccccc1NS(=O)(=O)c1nnc(NC(=O)c2cccc(C)c2)s1. The third kappa shape index (κ3) is 5.64. The molecule has 1 aromatic heterocycles. The van der Waals surface area contributed by atoms with E-state index in [4.69, 9.17) is 0 Å². The molecule has 2 aromatic carbocycles. The predicted octanol–water partition coefficient (Wildman–Crippen LogP) is 3.04. The number of benzene rings is 2. The summed E-state index contributed by atoms with van der Waals surface area (Å²) in [7, 11) is -4.11. The second kappa shape index (κ2) is 9.67. The van der Waals surface area contributed by atoms with Gasteiger partial charge < -0.3 is 5.32 Å². The molecule has 11 heteroatoms. The maximum absolute atomic E-state index is 12.8. The Morgan fingerprint density at radius 2 is 1.81 bits per heavy atom. The van der Waals surface area contributed by atoms with Gasteiger partial charge in [0.05, 0.1) is 11.3 Å². The molecular formula is C20H21N5O4S2. The van der Waals surface area contributed by atoms with Gasteiger partial charge in [-0.2, -0.15) is 8.42 Å². The second-order valence-electron chi connectivity index (χ2n) is 6.60. The molecule has 0 unspecified atom stereocenters. The van der Waals surface area contributed by atoms with E-state index in [2.05, 4.69) is 25.6 Å². The number of rotatable bonds is 8. The molecule has 0 radical (unpaired) electrons. The van der Waals surface area contributed by atoms with Gasteiger partial charge in [0.2, 0.25) is 5.13 Å². The van der Waals surface area contributed by atoms with E-state index in [1.807, 2.05) is 19.9 Å². The largest absolute Gasteiger partial charge is 0.352 e. The number of aromatic nitrogens is 2. The molecule has 0 spiro atoms. The summed E-state index contributed by atoms with van der Waals surface area (Å²) in [4.78, 5) is 24.7. The summed E-state index contributed by atoms with van der Waals surface area (Å²) in [6.07, 6.45) is 0.751. The van der Waals surface area contributed by atoms with E-state index in [1.165, 1.54) is 12.1 Å². The topological polar surface area (TPSA) is 130 Å². The van der Waals surface area contributed by atoms with Gasteiger partial charge in [0.1, 0.15) is 0 Å². The molecule has 0 fully saturated rings. The highest BCUT2D eigenvalue weighted by Gasteiger charge is 2.23. The number of hydrogen-bond acceptors (Lipinski definition) is 7. The van der Waals surface area contributed by atoms with Crippen LogP contribution >= 0.6 is 11.3 Å². The molecule has 1 heterocycles. The molecule has 0 aliphatic carbocycles. The molecule has 9 nitrogen and oxygen atoms in total. The van der Waals surface area contributed by atoms with Crippen molar-refractivity contribution in [3.63, 3.8) is 0 Å². The monoisotopic (exact) mass is 459 g/mol. The Labute approximate surface area is 184 Å². The molecule has 162 valence electrons. The van der Waals surface area contributed by atoms with E-state index in [-0.39, 0.29) is 26.6 Å². The molecule has 0 saturated heterocycles. The molecule has 31 heavy (non-hydrogen) atoms. The Morgan fingerprint density at radius 3 is 2.55 bits per heavy atom. The molecule has 0 bridgehead atoms. The fourth-order valence-electron chi connectivity index (χ4n) is 2.62. The van der Waals surface area contributed by atoms with E-state index in [0.29, 0.717) is 23.4 Å². The van der Waals surface area contributed by atoms with Crippen molar-refractivity contribution < 1.29 is 18.0 Å². The lowest BCUT2D eigenvalue weighted by Crippen LogP contribution is -2.25. The highest BCUT2D eigenvalue weighted by molar-refractivity contribution is 7.94. The molecule has 3 N–H and O–H groups in total. The smallest absolute Gasteiger partial charge is 0.291 e. The van der Waals surface area contributed by atoms with Crippen LogP contribution in [-0.2, 0) is 10.0 Å². The Kier molecular flexibility index (Phi) is 6.98. The summed E-state index contributed by atoms with van der Waals surface area (Å²) in [6.45, 7) is 4.25. The molecule has 0 atom stereocenters. The molecule has 0 saturated carbocycles. The summed E-state index contributed by atoms with van der Waals surface area (Å²) in [5, 5.41) is 12.7. The summed E-state index contributed by atoms with van der Waals surface area (Å²) in [5.74, 6) is -0.807. The molecule has 0 aliphatic rings. The minimum absolute atomic E-state index is 0.0425. The van der Waals surface area contributed by atoms with Gasteiger partial charge in [-0.15, -0.1) is 10.2 Å². The first kappa shape index (κ1) is 22.4. The van der Waals surface area contributed by atoms with E-state index in [9.17, 15) is 18.0 Å². The number of sulfonamides is 1. The van der Waals surface area contributed by atoms with Gasteiger partial charge >= 0.3 is 0 Å². The standard InChI is InChI=1S/C20H21N5O4S2/c1-3-11-21-18(27)15-9-4-5-10-16(15)25-31(28,29)20-24-23-19(30-20)22-17(26)14-8-6-7-13(2)12-14/h4-10,12,25H,3,11H2,1-2H3,(H,21,27)(H,22,23,26). The van der Waals surface area contributed by atoms with Crippen LogP contribution in [0.5, 0.6) is 0 Å². The fraction of sp³-hybridized carbons (Fsp3) is 0.200. The van der Waals surface area contributed by atoms with Gasteiger partial charge in [0, 0.05) is 12.1 Å². The van der Waals surface area contributed by atoms with Crippen LogP contribution < -0.4 is 15.4 Å². The quantitative estimate of drug-likeness (QED) is 0.444. The van der Waals surface area contributed by atoms with E-state index in [0.717, 1.165) is 12.0 Å². The van der Waals surface area contributed by atoms with Crippen LogP contribution in [0.25, 0.3) is 0 Å². The van der Waals surface area contributed by atoms with Crippen molar-refractivity contribution in [2.24, 2.45) is 0 Å². The molecule has 3 rings (SSSR count). The molecule has 3 aromatic rings. The van der Waals surface area contributed by atoms with Gasteiger partial charge in [-0.25, -0.2) is 0 Å². The third-order valence-electron chi connectivity index (χ3n) is 4.09. The number of nitrogens with one attached hydrogen (secondary N) is 3. The normalized spacial score (nSPS) is 11.0. The summed E-state index contributed by atoms with van der Waals surface area (Å²) in [6, 6.07) is 13.2. The zero-order valence-electron chi connectivity index (χ0n) is 16.9. The van der Waals surface area contributed by atoms with Crippen LogP contribution in [0.3, 0.4) is 0 Å². The van der Waals surface area contributed by atoms with Crippen LogP contribution in [0.2, 0.25) is 0 Å². The number of aryl methyl sites for hydroxylation is 1. The van der Waals surface area contributed by atoms with Crippen LogP contribution in [0.4, 0.5) is 10.8 Å². The average Bonchev–Trinajstić information content (AvgIpc) is 3.21. The van der Waals surface area contributed by atoms with Crippen molar-refractivity contribution in [3.8, 4) is 0 Å². The number of anilines is 2. The molecule has 0 aliphatic heterocycles. The van der Waals surface area contributed by atoms with Gasteiger partial charge in [0.15, 0.2) is 0 Å². The van der Waals surface area contributed by atoms with Crippen molar-refractivity contribution >= 4 is 44.0 Å². The summed E-state index contributed by atoms with van der Waals surface area (Å²) < 4.78 is 27.5. The Hall–Kier alpha value is -3.31. The minimum atomic E-state index is -4.11. The Bertz CT molecular complexity index is 1210. The van der Waals surface area contributed by atoms with Gasteiger partial charge in [-0.1, -0.05) is 48.1 Å². The first-order valence-corrected chi connectivity index (χ1v) is 11.7. The highest BCUT2D eigenvalue weighted by Crippen LogP contribution is 2.25.